The lowest BCUT2D eigenvalue weighted by molar-refractivity contribution is -0.274. The van der Waals surface area contributed by atoms with E-state index in [0.29, 0.717) is 5.56 Å². The zero-order chi connectivity index (χ0) is 19.7. The van der Waals surface area contributed by atoms with Gasteiger partial charge in [-0.05, 0) is 29.8 Å². The van der Waals surface area contributed by atoms with Crippen LogP contribution < -0.4 is 9.47 Å². The van der Waals surface area contributed by atoms with Gasteiger partial charge in [0, 0.05) is 6.26 Å². The largest absolute Gasteiger partial charge is 0.573 e. The Hall–Kier alpha value is -2.82. The number of aromatic nitrogens is 1. The number of pyridine rings is 1. The molecule has 0 bridgehead atoms. The number of sulfone groups is 1. The number of halogens is 3. The molecule has 0 N–H and O–H groups in total. The number of hydrogen-bond donors (Lipinski definition) is 0. The van der Waals surface area contributed by atoms with Crippen molar-refractivity contribution in [2.24, 2.45) is 5.16 Å². The minimum Gasteiger partial charge on any atom is -0.438 e. The molecule has 11 heteroatoms. The second-order valence-electron chi connectivity index (χ2n) is 5.61. The molecule has 2 aromatic rings. The number of oxime groups is 1. The quantitative estimate of drug-likeness (QED) is 0.780. The molecule has 0 aliphatic carbocycles. The summed E-state index contributed by atoms with van der Waals surface area (Å²) in [5.41, 5.74) is 0.595. The minimum absolute atomic E-state index is 0.0847. The summed E-state index contributed by atoms with van der Waals surface area (Å²) in [7, 11) is -3.41. The Morgan fingerprint density at radius 3 is 2.33 bits per heavy atom. The van der Waals surface area contributed by atoms with Crippen LogP contribution in [0.15, 0.2) is 52.8 Å². The Morgan fingerprint density at radius 1 is 1.11 bits per heavy atom. The lowest BCUT2D eigenvalue weighted by Crippen LogP contribution is -2.17. The fourth-order valence-electron chi connectivity index (χ4n) is 2.26. The van der Waals surface area contributed by atoms with Gasteiger partial charge in [0.15, 0.2) is 21.0 Å². The lowest BCUT2D eigenvalue weighted by atomic mass is 10.1. The third-order valence-corrected chi connectivity index (χ3v) is 4.45. The van der Waals surface area contributed by atoms with Crippen molar-refractivity contribution in [3.8, 4) is 11.5 Å². The van der Waals surface area contributed by atoms with Crippen LogP contribution in [0.5, 0.6) is 11.5 Å². The molecule has 0 unspecified atom stereocenters. The van der Waals surface area contributed by atoms with Gasteiger partial charge in [-0.25, -0.2) is 13.4 Å². The van der Waals surface area contributed by atoms with Crippen LogP contribution in [-0.4, -0.2) is 31.9 Å². The summed E-state index contributed by atoms with van der Waals surface area (Å²) < 4.78 is 68.5. The molecule has 0 spiro atoms. The highest BCUT2D eigenvalue weighted by Crippen LogP contribution is 2.30. The van der Waals surface area contributed by atoms with Crippen molar-refractivity contribution in [2.75, 3.05) is 6.26 Å². The standard InChI is InChI=1S/C16H13F3N2O5S/c1-27(22,23)15-7-6-12(9-20-15)24-14-8-13(26-21-14)10-2-4-11(5-3-10)25-16(17,18)19/h2-7,9,13H,8H2,1H3/t13-/m0/s1. The van der Waals surface area contributed by atoms with E-state index in [1.807, 2.05) is 0 Å². The fraction of sp³-hybridized carbons (Fsp3) is 0.250. The van der Waals surface area contributed by atoms with Crippen molar-refractivity contribution >= 4 is 15.7 Å². The number of hydrogen-bond acceptors (Lipinski definition) is 7. The maximum Gasteiger partial charge on any atom is 0.573 e. The van der Waals surface area contributed by atoms with Gasteiger partial charge in [0.2, 0.25) is 5.90 Å². The molecule has 0 amide bonds. The SMILES string of the molecule is CS(=O)(=O)c1ccc(OC2=NO[C@H](c3ccc(OC(F)(F)F)cc3)C2)cn1. The highest BCUT2D eigenvalue weighted by molar-refractivity contribution is 7.90. The van der Waals surface area contributed by atoms with Gasteiger partial charge in [0.1, 0.15) is 11.5 Å². The van der Waals surface area contributed by atoms with E-state index in [1.54, 1.807) is 0 Å². The molecular formula is C16H13F3N2O5S. The molecule has 1 aromatic heterocycles. The van der Waals surface area contributed by atoms with Crippen LogP contribution in [0, 0.1) is 0 Å². The monoisotopic (exact) mass is 402 g/mol. The predicted octanol–water partition coefficient (Wildman–Crippen LogP) is 3.24. The molecule has 0 fully saturated rings. The van der Waals surface area contributed by atoms with Crippen molar-refractivity contribution in [1.82, 2.24) is 4.98 Å². The summed E-state index contributed by atoms with van der Waals surface area (Å²) in [5.74, 6) is 0.169. The zero-order valence-corrected chi connectivity index (χ0v) is 14.6. The molecule has 2 heterocycles. The van der Waals surface area contributed by atoms with Crippen LogP contribution in [0.1, 0.15) is 18.1 Å². The van der Waals surface area contributed by atoms with E-state index in [-0.39, 0.29) is 28.8 Å². The normalized spacial score (nSPS) is 17.2. The van der Waals surface area contributed by atoms with Gasteiger partial charge in [0.05, 0.1) is 12.6 Å². The van der Waals surface area contributed by atoms with E-state index in [2.05, 4.69) is 14.9 Å². The Bertz CT molecular complexity index is 942. The van der Waals surface area contributed by atoms with E-state index < -0.39 is 22.3 Å². The van der Waals surface area contributed by atoms with Gasteiger partial charge in [-0.2, -0.15) is 0 Å². The second-order valence-corrected chi connectivity index (χ2v) is 7.57. The summed E-state index contributed by atoms with van der Waals surface area (Å²) in [6, 6.07) is 7.97. The van der Waals surface area contributed by atoms with Crippen LogP contribution in [0.2, 0.25) is 0 Å². The third-order valence-electron chi connectivity index (χ3n) is 3.45. The number of ether oxygens (including phenoxy) is 2. The number of nitrogens with zero attached hydrogens (tertiary/aromatic N) is 2. The van der Waals surface area contributed by atoms with Gasteiger partial charge in [-0.3, -0.25) is 0 Å². The summed E-state index contributed by atoms with van der Waals surface area (Å²) in [6.45, 7) is 0. The van der Waals surface area contributed by atoms with Gasteiger partial charge >= 0.3 is 6.36 Å². The van der Waals surface area contributed by atoms with Crippen LogP contribution in [0.4, 0.5) is 13.2 Å². The predicted molar refractivity (Wildman–Crippen MR) is 87.0 cm³/mol. The van der Waals surface area contributed by atoms with Crippen molar-refractivity contribution in [3.63, 3.8) is 0 Å². The van der Waals surface area contributed by atoms with Gasteiger partial charge in [-0.15, -0.1) is 13.2 Å². The summed E-state index contributed by atoms with van der Waals surface area (Å²) in [6.07, 6.45) is -2.75. The first-order valence-corrected chi connectivity index (χ1v) is 9.42. The molecule has 27 heavy (non-hydrogen) atoms. The van der Waals surface area contributed by atoms with Crippen LogP contribution in [0.3, 0.4) is 0 Å². The first-order valence-electron chi connectivity index (χ1n) is 7.52. The van der Waals surface area contributed by atoms with Gasteiger partial charge in [0.25, 0.3) is 0 Å². The smallest absolute Gasteiger partial charge is 0.438 e. The van der Waals surface area contributed by atoms with Crippen LogP contribution in [0.25, 0.3) is 0 Å². The molecule has 0 saturated heterocycles. The average Bonchev–Trinajstić information content (AvgIpc) is 3.02. The molecule has 1 aliphatic rings. The first-order chi connectivity index (χ1) is 12.6. The fourth-order valence-corrected chi connectivity index (χ4v) is 2.82. The minimum atomic E-state index is -4.75. The highest BCUT2D eigenvalue weighted by Gasteiger charge is 2.31. The van der Waals surface area contributed by atoms with E-state index >= 15 is 0 Å². The van der Waals surface area contributed by atoms with E-state index in [0.717, 1.165) is 6.26 Å². The molecule has 144 valence electrons. The summed E-state index contributed by atoms with van der Waals surface area (Å²) in [4.78, 5) is 9.02. The van der Waals surface area contributed by atoms with Crippen molar-refractivity contribution in [3.05, 3.63) is 48.2 Å². The molecule has 0 saturated carbocycles. The molecular weight excluding hydrogens is 389 g/mol. The Morgan fingerprint density at radius 2 is 1.78 bits per heavy atom. The molecule has 1 aliphatic heterocycles. The maximum atomic E-state index is 12.2. The van der Waals surface area contributed by atoms with E-state index in [9.17, 15) is 21.6 Å². The van der Waals surface area contributed by atoms with Gasteiger partial charge in [-0.1, -0.05) is 17.3 Å². The molecule has 7 nitrogen and oxygen atoms in total. The van der Waals surface area contributed by atoms with Gasteiger partial charge < -0.3 is 14.3 Å². The van der Waals surface area contributed by atoms with E-state index in [4.69, 9.17) is 9.57 Å². The second kappa shape index (κ2) is 7.06. The number of alkyl halides is 3. The molecule has 1 atom stereocenters. The molecule has 1 aromatic carbocycles. The van der Waals surface area contributed by atoms with Crippen LogP contribution >= 0.6 is 0 Å². The van der Waals surface area contributed by atoms with Crippen molar-refractivity contribution in [1.29, 1.82) is 0 Å². The zero-order valence-electron chi connectivity index (χ0n) is 13.8. The first kappa shape index (κ1) is 19.0. The maximum absolute atomic E-state index is 12.2. The number of rotatable bonds is 4. The Balaban J connectivity index is 1.60. The number of benzene rings is 1. The summed E-state index contributed by atoms with van der Waals surface area (Å²) >= 11 is 0. The van der Waals surface area contributed by atoms with Crippen LogP contribution in [-0.2, 0) is 14.7 Å². The molecule has 0 radical (unpaired) electrons. The molecule has 3 rings (SSSR count). The Labute approximate surface area is 152 Å². The summed E-state index contributed by atoms with van der Waals surface area (Å²) in [5, 5.41) is 3.69. The lowest BCUT2D eigenvalue weighted by Gasteiger charge is -2.11. The van der Waals surface area contributed by atoms with Crippen molar-refractivity contribution in [2.45, 2.75) is 23.9 Å². The van der Waals surface area contributed by atoms with E-state index in [1.165, 1.54) is 42.6 Å². The topological polar surface area (TPSA) is 87.1 Å². The highest BCUT2D eigenvalue weighted by atomic mass is 32.2. The Kier molecular flexibility index (Phi) is 4.96. The van der Waals surface area contributed by atoms with Crippen molar-refractivity contribution < 1.29 is 35.9 Å². The average molecular weight is 402 g/mol. The third kappa shape index (κ3) is 5.09.